The molecule has 2 heteroatoms. The zero-order valence-electron chi connectivity index (χ0n) is 11.0. The van der Waals surface area contributed by atoms with Crippen molar-refractivity contribution < 1.29 is 4.79 Å². The van der Waals surface area contributed by atoms with Crippen LogP contribution in [0.3, 0.4) is 0 Å². The normalized spacial score (nSPS) is 16.6. The molecule has 1 aromatic carbocycles. The maximum Gasteiger partial charge on any atom is 0.227 e. The number of nitrogens with zero attached hydrogens (tertiary/aromatic N) is 1. The van der Waals surface area contributed by atoms with Crippen LogP contribution in [0, 0.1) is 0 Å². The maximum atomic E-state index is 11.6. The molecule has 0 radical (unpaired) electrons. The van der Waals surface area contributed by atoms with Crippen molar-refractivity contribution in [3.05, 3.63) is 29.8 Å². The van der Waals surface area contributed by atoms with Gasteiger partial charge < -0.3 is 4.90 Å². The van der Waals surface area contributed by atoms with Crippen LogP contribution in [0.1, 0.15) is 45.6 Å². The highest BCUT2D eigenvalue weighted by Crippen LogP contribution is 2.29. The Kier molecular flexibility index (Phi) is 3.23. The van der Waals surface area contributed by atoms with Crippen molar-refractivity contribution >= 4 is 11.6 Å². The summed E-state index contributed by atoms with van der Waals surface area (Å²) in [5.74, 6) is 0.257. The molecule has 1 heterocycles. The van der Waals surface area contributed by atoms with Crippen molar-refractivity contribution in [1.29, 1.82) is 0 Å². The molecular formula is C15H21NO. The summed E-state index contributed by atoms with van der Waals surface area (Å²) in [5.41, 5.74) is 2.60. The molecule has 0 aromatic heterocycles. The molecular weight excluding hydrogens is 210 g/mol. The summed E-state index contributed by atoms with van der Waals surface area (Å²) in [6.07, 6.45) is 2.80. The van der Waals surface area contributed by atoms with Crippen LogP contribution < -0.4 is 4.90 Å². The highest BCUT2D eigenvalue weighted by Gasteiger charge is 2.22. The minimum Gasteiger partial charge on any atom is -0.312 e. The zero-order chi connectivity index (χ0) is 12.5. The molecule has 2 rings (SSSR count). The van der Waals surface area contributed by atoms with Gasteiger partial charge in [-0.15, -0.1) is 0 Å². The van der Waals surface area contributed by atoms with Crippen LogP contribution >= 0.6 is 0 Å². The van der Waals surface area contributed by atoms with E-state index in [1.165, 1.54) is 5.56 Å². The third-order valence-electron chi connectivity index (χ3n) is 3.92. The minimum atomic E-state index is 0.216. The van der Waals surface area contributed by atoms with Gasteiger partial charge in [0.2, 0.25) is 5.91 Å². The van der Waals surface area contributed by atoms with E-state index in [-0.39, 0.29) is 11.3 Å². The van der Waals surface area contributed by atoms with Gasteiger partial charge in [0.1, 0.15) is 0 Å². The Labute approximate surface area is 104 Å². The largest absolute Gasteiger partial charge is 0.312 e. The van der Waals surface area contributed by atoms with Gasteiger partial charge in [0.25, 0.3) is 0 Å². The second-order valence-electron chi connectivity index (χ2n) is 5.43. The van der Waals surface area contributed by atoms with Crippen LogP contribution in [-0.2, 0) is 10.2 Å². The molecule has 1 saturated heterocycles. The summed E-state index contributed by atoms with van der Waals surface area (Å²) in [7, 11) is 0. The fourth-order valence-electron chi connectivity index (χ4n) is 2.22. The Morgan fingerprint density at radius 1 is 1.24 bits per heavy atom. The summed E-state index contributed by atoms with van der Waals surface area (Å²) < 4.78 is 0. The second kappa shape index (κ2) is 4.52. The maximum absolute atomic E-state index is 11.6. The van der Waals surface area contributed by atoms with E-state index in [2.05, 4.69) is 45.0 Å². The first-order chi connectivity index (χ1) is 8.04. The van der Waals surface area contributed by atoms with Crippen molar-refractivity contribution in [3.8, 4) is 0 Å². The third kappa shape index (κ3) is 2.36. The van der Waals surface area contributed by atoms with Crippen molar-refractivity contribution in [1.82, 2.24) is 0 Å². The molecule has 0 aliphatic carbocycles. The summed E-state index contributed by atoms with van der Waals surface area (Å²) in [6.45, 7) is 7.58. The fourth-order valence-corrected chi connectivity index (χ4v) is 2.22. The molecule has 0 unspecified atom stereocenters. The molecule has 1 amide bonds. The van der Waals surface area contributed by atoms with E-state index in [0.717, 1.165) is 25.1 Å². The van der Waals surface area contributed by atoms with E-state index < -0.39 is 0 Å². The molecule has 1 aliphatic rings. The predicted molar refractivity (Wildman–Crippen MR) is 71.3 cm³/mol. The van der Waals surface area contributed by atoms with Crippen LogP contribution in [0.4, 0.5) is 5.69 Å². The summed E-state index contributed by atoms with van der Waals surface area (Å²) >= 11 is 0. The molecule has 1 aliphatic heterocycles. The van der Waals surface area contributed by atoms with Gasteiger partial charge in [-0.1, -0.05) is 32.9 Å². The zero-order valence-corrected chi connectivity index (χ0v) is 11.0. The van der Waals surface area contributed by atoms with Crippen LogP contribution in [-0.4, -0.2) is 12.5 Å². The SMILES string of the molecule is CCC(C)(C)c1ccc(N2CCCC2=O)cc1. The average molecular weight is 231 g/mol. The van der Waals surface area contributed by atoms with E-state index in [4.69, 9.17) is 0 Å². The first kappa shape index (κ1) is 12.2. The lowest BCUT2D eigenvalue weighted by atomic mass is 9.82. The average Bonchev–Trinajstić information content (AvgIpc) is 2.76. The van der Waals surface area contributed by atoms with Crippen LogP contribution in [0.5, 0.6) is 0 Å². The van der Waals surface area contributed by atoms with Gasteiger partial charge in [-0.05, 0) is 36.0 Å². The Balaban J connectivity index is 2.21. The fraction of sp³-hybridized carbons (Fsp3) is 0.533. The van der Waals surface area contributed by atoms with E-state index in [9.17, 15) is 4.79 Å². The number of anilines is 1. The van der Waals surface area contributed by atoms with Gasteiger partial charge in [-0.3, -0.25) is 4.79 Å². The molecule has 0 saturated carbocycles. The van der Waals surface area contributed by atoms with Gasteiger partial charge in [-0.25, -0.2) is 0 Å². The Morgan fingerprint density at radius 2 is 1.88 bits per heavy atom. The second-order valence-corrected chi connectivity index (χ2v) is 5.43. The number of hydrogen-bond donors (Lipinski definition) is 0. The molecule has 17 heavy (non-hydrogen) atoms. The van der Waals surface area contributed by atoms with Crippen molar-refractivity contribution in [2.75, 3.05) is 11.4 Å². The van der Waals surface area contributed by atoms with E-state index in [0.29, 0.717) is 6.42 Å². The van der Waals surface area contributed by atoms with Crippen molar-refractivity contribution in [2.24, 2.45) is 0 Å². The first-order valence-corrected chi connectivity index (χ1v) is 6.45. The van der Waals surface area contributed by atoms with Gasteiger partial charge in [0.05, 0.1) is 0 Å². The van der Waals surface area contributed by atoms with Gasteiger partial charge >= 0.3 is 0 Å². The van der Waals surface area contributed by atoms with Crippen molar-refractivity contribution in [3.63, 3.8) is 0 Å². The molecule has 2 nitrogen and oxygen atoms in total. The number of rotatable bonds is 3. The molecule has 92 valence electrons. The summed E-state index contributed by atoms with van der Waals surface area (Å²) in [5, 5.41) is 0. The summed E-state index contributed by atoms with van der Waals surface area (Å²) in [6, 6.07) is 8.47. The highest BCUT2D eigenvalue weighted by atomic mass is 16.2. The molecule has 0 N–H and O–H groups in total. The van der Waals surface area contributed by atoms with E-state index >= 15 is 0 Å². The number of hydrogen-bond acceptors (Lipinski definition) is 1. The monoisotopic (exact) mass is 231 g/mol. The number of benzene rings is 1. The Morgan fingerprint density at radius 3 is 2.35 bits per heavy atom. The topological polar surface area (TPSA) is 20.3 Å². The lowest BCUT2D eigenvalue weighted by Gasteiger charge is -2.24. The first-order valence-electron chi connectivity index (χ1n) is 6.45. The molecule has 1 aromatic rings. The molecule has 0 spiro atoms. The number of amides is 1. The van der Waals surface area contributed by atoms with E-state index in [1.54, 1.807) is 0 Å². The summed E-state index contributed by atoms with van der Waals surface area (Å²) in [4.78, 5) is 13.5. The van der Waals surface area contributed by atoms with Crippen LogP contribution in [0.25, 0.3) is 0 Å². The third-order valence-corrected chi connectivity index (χ3v) is 3.92. The smallest absolute Gasteiger partial charge is 0.227 e. The quantitative estimate of drug-likeness (QED) is 0.779. The van der Waals surface area contributed by atoms with Crippen molar-refractivity contribution in [2.45, 2.75) is 45.4 Å². The minimum absolute atomic E-state index is 0.216. The van der Waals surface area contributed by atoms with Gasteiger partial charge in [0.15, 0.2) is 0 Å². The molecule has 1 fully saturated rings. The lowest BCUT2D eigenvalue weighted by molar-refractivity contribution is -0.117. The van der Waals surface area contributed by atoms with Crippen LogP contribution in [0.2, 0.25) is 0 Å². The Bertz CT molecular complexity index is 405. The Hall–Kier alpha value is -1.31. The number of carbonyl (C=O) groups excluding carboxylic acids is 1. The standard InChI is InChI=1S/C15H21NO/c1-4-15(2,3)12-7-9-13(10-8-12)16-11-5-6-14(16)17/h7-10H,4-6,11H2,1-3H3. The molecule has 0 bridgehead atoms. The highest BCUT2D eigenvalue weighted by molar-refractivity contribution is 5.95. The lowest BCUT2D eigenvalue weighted by Crippen LogP contribution is -2.24. The van der Waals surface area contributed by atoms with Gasteiger partial charge in [0, 0.05) is 18.7 Å². The molecule has 0 atom stereocenters. The van der Waals surface area contributed by atoms with Crippen LogP contribution in [0.15, 0.2) is 24.3 Å². The predicted octanol–water partition coefficient (Wildman–Crippen LogP) is 3.50. The van der Waals surface area contributed by atoms with Gasteiger partial charge in [-0.2, -0.15) is 0 Å². The van der Waals surface area contributed by atoms with E-state index in [1.807, 2.05) is 4.90 Å². The number of carbonyl (C=O) groups is 1.